The number of thioether (sulfide) groups is 1. The highest BCUT2D eigenvalue weighted by atomic mass is 32.2. The lowest BCUT2D eigenvalue weighted by molar-refractivity contribution is -0.122. The van der Waals surface area contributed by atoms with E-state index in [4.69, 9.17) is 5.73 Å². The van der Waals surface area contributed by atoms with Crippen molar-refractivity contribution in [3.8, 4) is 0 Å². The van der Waals surface area contributed by atoms with Gasteiger partial charge in [0, 0.05) is 12.3 Å². The highest BCUT2D eigenvalue weighted by Crippen LogP contribution is 2.29. The van der Waals surface area contributed by atoms with Crippen molar-refractivity contribution in [2.75, 3.05) is 12.3 Å². The summed E-state index contributed by atoms with van der Waals surface area (Å²) in [7, 11) is 0. The molecule has 0 saturated carbocycles. The summed E-state index contributed by atoms with van der Waals surface area (Å²) in [6, 6.07) is -0.738. The van der Waals surface area contributed by atoms with Gasteiger partial charge in [-0.05, 0) is 18.2 Å². The van der Waals surface area contributed by atoms with E-state index in [2.05, 4.69) is 11.9 Å². The molecule has 0 spiro atoms. The molecular formula is C8H13F3N2OS. The van der Waals surface area contributed by atoms with Gasteiger partial charge in [-0.2, -0.15) is 13.2 Å². The van der Waals surface area contributed by atoms with Gasteiger partial charge in [0.2, 0.25) is 5.91 Å². The fraction of sp³-hybridized carbons (Fsp3) is 0.625. The maximum Gasteiger partial charge on any atom is 0.441 e. The molecule has 1 amide bonds. The van der Waals surface area contributed by atoms with Crippen molar-refractivity contribution in [2.24, 2.45) is 5.73 Å². The van der Waals surface area contributed by atoms with E-state index in [0.717, 1.165) is 0 Å². The Balaban J connectivity index is 3.59. The first-order valence-electron chi connectivity index (χ1n) is 4.21. The lowest BCUT2D eigenvalue weighted by Crippen LogP contribution is -2.41. The van der Waals surface area contributed by atoms with Crippen molar-refractivity contribution in [3.05, 3.63) is 12.7 Å². The predicted molar refractivity (Wildman–Crippen MR) is 54.3 cm³/mol. The molecule has 0 fully saturated rings. The van der Waals surface area contributed by atoms with Crippen LogP contribution in [0.25, 0.3) is 0 Å². The van der Waals surface area contributed by atoms with E-state index in [0.29, 0.717) is 6.42 Å². The molecule has 0 aliphatic carbocycles. The van der Waals surface area contributed by atoms with Crippen LogP contribution in [-0.2, 0) is 4.79 Å². The molecule has 0 aromatic rings. The Bertz CT molecular complexity index is 220. The molecule has 0 rings (SSSR count). The lowest BCUT2D eigenvalue weighted by atomic mass is 10.2. The monoisotopic (exact) mass is 242 g/mol. The number of halogens is 3. The zero-order valence-corrected chi connectivity index (χ0v) is 8.83. The van der Waals surface area contributed by atoms with Crippen molar-refractivity contribution in [1.82, 2.24) is 5.32 Å². The van der Waals surface area contributed by atoms with Crippen LogP contribution in [0.1, 0.15) is 6.42 Å². The number of amides is 1. The average Bonchev–Trinajstić information content (AvgIpc) is 2.11. The van der Waals surface area contributed by atoms with E-state index in [1.165, 1.54) is 6.08 Å². The lowest BCUT2D eigenvalue weighted by Gasteiger charge is -2.10. The third-order valence-electron chi connectivity index (χ3n) is 1.42. The van der Waals surface area contributed by atoms with E-state index in [1.807, 2.05) is 0 Å². The molecule has 0 aromatic heterocycles. The summed E-state index contributed by atoms with van der Waals surface area (Å²) in [6.45, 7) is 3.35. The van der Waals surface area contributed by atoms with Crippen LogP contribution in [0.5, 0.6) is 0 Å². The van der Waals surface area contributed by atoms with E-state index in [1.54, 1.807) is 0 Å². The smallest absolute Gasteiger partial charge is 0.354 e. The molecule has 0 aliphatic heterocycles. The molecule has 0 bridgehead atoms. The fourth-order valence-electron chi connectivity index (χ4n) is 0.759. The minimum absolute atomic E-state index is 0.0478. The molecule has 0 aliphatic rings. The fourth-order valence-corrected chi connectivity index (χ4v) is 1.19. The Morgan fingerprint density at radius 3 is 2.67 bits per heavy atom. The maximum atomic E-state index is 11.7. The van der Waals surface area contributed by atoms with Gasteiger partial charge in [-0.25, -0.2) is 0 Å². The molecule has 0 aromatic carbocycles. The summed E-state index contributed by atoms with van der Waals surface area (Å²) in [5.74, 6) is -0.673. The minimum Gasteiger partial charge on any atom is -0.354 e. The predicted octanol–water partition coefficient (Wildman–Crippen LogP) is 1.26. The number of rotatable bonds is 6. The van der Waals surface area contributed by atoms with Crippen LogP contribution in [0.15, 0.2) is 12.7 Å². The van der Waals surface area contributed by atoms with Crippen LogP contribution < -0.4 is 11.1 Å². The van der Waals surface area contributed by atoms with Crippen LogP contribution >= 0.6 is 11.8 Å². The summed E-state index contributed by atoms with van der Waals surface area (Å²) in [6.07, 6.45) is 1.78. The number of nitrogens with two attached hydrogens (primary N) is 1. The van der Waals surface area contributed by atoms with Gasteiger partial charge in [-0.1, -0.05) is 6.08 Å². The standard InChI is InChI=1S/C8H13F3N2OS/c1-2-3-6(12)7(14)13-4-5-15-8(9,10)11/h2,6H,1,3-5,12H2,(H,13,14). The first kappa shape index (κ1) is 14.3. The van der Waals surface area contributed by atoms with Crippen molar-refractivity contribution in [3.63, 3.8) is 0 Å². The molecule has 3 N–H and O–H groups in total. The van der Waals surface area contributed by atoms with Gasteiger partial charge >= 0.3 is 5.51 Å². The van der Waals surface area contributed by atoms with Gasteiger partial charge in [0.25, 0.3) is 0 Å². The second-order valence-corrected chi connectivity index (χ2v) is 3.88. The van der Waals surface area contributed by atoms with E-state index in [9.17, 15) is 18.0 Å². The van der Waals surface area contributed by atoms with E-state index < -0.39 is 17.5 Å². The third-order valence-corrected chi connectivity index (χ3v) is 2.16. The van der Waals surface area contributed by atoms with Crippen molar-refractivity contribution >= 4 is 17.7 Å². The van der Waals surface area contributed by atoms with Gasteiger partial charge in [-0.15, -0.1) is 6.58 Å². The molecule has 7 heteroatoms. The summed E-state index contributed by atoms with van der Waals surface area (Å²) in [5.41, 5.74) is 1.13. The van der Waals surface area contributed by atoms with E-state index >= 15 is 0 Å². The Hall–Kier alpha value is -0.690. The third kappa shape index (κ3) is 8.31. The van der Waals surface area contributed by atoms with E-state index in [-0.39, 0.29) is 24.1 Å². The normalized spacial score (nSPS) is 13.3. The van der Waals surface area contributed by atoms with Gasteiger partial charge in [-0.3, -0.25) is 4.79 Å². The molecule has 88 valence electrons. The Morgan fingerprint density at radius 2 is 2.20 bits per heavy atom. The zero-order valence-electron chi connectivity index (χ0n) is 8.01. The number of carbonyl (C=O) groups excluding carboxylic acids is 1. The first-order chi connectivity index (χ1) is 6.87. The minimum atomic E-state index is -4.26. The maximum absolute atomic E-state index is 11.7. The number of hydrogen-bond donors (Lipinski definition) is 2. The van der Waals surface area contributed by atoms with Crippen molar-refractivity contribution in [2.45, 2.75) is 18.0 Å². The quantitative estimate of drug-likeness (QED) is 0.544. The number of carbonyl (C=O) groups is 1. The topological polar surface area (TPSA) is 55.1 Å². The summed E-state index contributed by atoms with van der Waals surface area (Å²) in [4.78, 5) is 11.1. The first-order valence-corrected chi connectivity index (χ1v) is 5.20. The average molecular weight is 242 g/mol. The van der Waals surface area contributed by atoms with Crippen LogP contribution in [0.2, 0.25) is 0 Å². The van der Waals surface area contributed by atoms with Crippen molar-refractivity contribution in [1.29, 1.82) is 0 Å². The largest absolute Gasteiger partial charge is 0.441 e. The highest BCUT2D eigenvalue weighted by Gasteiger charge is 2.27. The molecule has 1 atom stereocenters. The number of alkyl halides is 3. The van der Waals surface area contributed by atoms with Crippen LogP contribution in [0, 0.1) is 0 Å². The van der Waals surface area contributed by atoms with Gasteiger partial charge < -0.3 is 11.1 Å². The van der Waals surface area contributed by atoms with Gasteiger partial charge in [0.05, 0.1) is 6.04 Å². The van der Waals surface area contributed by atoms with Crippen molar-refractivity contribution < 1.29 is 18.0 Å². The van der Waals surface area contributed by atoms with Crippen LogP contribution in [0.4, 0.5) is 13.2 Å². The molecule has 0 heterocycles. The molecule has 15 heavy (non-hydrogen) atoms. The molecular weight excluding hydrogens is 229 g/mol. The highest BCUT2D eigenvalue weighted by molar-refractivity contribution is 8.00. The van der Waals surface area contributed by atoms with Crippen LogP contribution in [0.3, 0.4) is 0 Å². The molecule has 0 saturated heterocycles. The summed E-state index contributed by atoms with van der Waals surface area (Å²) >= 11 is -0.175. The second kappa shape index (κ2) is 6.73. The summed E-state index contributed by atoms with van der Waals surface area (Å²) in [5, 5.41) is 2.31. The molecule has 0 radical (unpaired) electrons. The van der Waals surface area contributed by atoms with Gasteiger partial charge in [0.1, 0.15) is 0 Å². The zero-order chi connectivity index (χ0) is 11.9. The second-order valence-electron chi connectivity index (χ2n) is 2.72. The van der Waals surface area contributed by atoms with Crippen LogP contribution in [-0.4, -0.2) is 29.8 Å². The Kier molecular flexibility index (Phi) is 6.42. The SMILES string of the molecule is C=CCC(N)C(=O)NCCSC(F)(F)F. The number of hydrogen-bond acceptors (Lipinski definition) is 3. The Labute approximate surface area is 90.3 Å². The number of nitrogens with one attached hydrogen (secondary N) is 1. The molecule has 3 nitrogen and oxygen atoms in total. The summed E-state index contributed by atoms with van der Waals surface area (Å²) < 4.78 is 35.0. The van der Waals surface area contributed by atoms with Gasteiger partial charge in [0.15, 0.2) is 0 Å². The molecule has 1 unspecified atom stereocenters. The Morgan fingerprint density at radius 1 is 1.60 bits per heavy atom.